The quantitative estimate of drug-likeness (QED) is 0.323. The van der Waals surface area contributed by atoms with Crippen molar-refractivity contribution in [2.75, 3.05) is 18.4 Å². The number of hydrogen-bond donors (Lipinski definition) is 2. The summed E-state index contributed by atoms with van der Waals surface area (Å²) in [6.45, 7) is 1.61. The van der Waals surface area contributed by atoms with Crippen LogP contribution in [0, 0.1) is 0 Å². The molecule has 0 spiro atoms. The summed E-state index contributed by atoms with van der Waals surface area (Å²) in [7, 11) is 0. The van der Waals surface area contributed by atoms with Gasteiger partial charge in [-0.1, -0.05) is 54.3 Å². The van der Waals surface area contributed by atoms with Crippen LogP contribution in [0.1, 0.15) is 37.1 Å². The molecule has 3 aromatic rings. The number of nitrogens with one attached hydrogen (secondary N) is 1. The third-order valence-electron chi connectivity index (χ3n) is 4.39. The van der Waals surface area contributed by atoms with Crippen molar-refractivity contribution in [1.29, 1.82) is 0 Å². The first-order valence-electron chi connectivity index (χ1n) is 9.50. The molecule has 0 bridgehead atoms. The smallest absolute Gasteiger partial charge is 0.154 e. The van der Waals surface area contributed by atoms with Crippen LogP contribution < -0.4 is 11.1 Å². The first kappa shape index (κ1) is 26.5. The van der Waals surface area contributed by atoms with Gasteiger partial charge >= 0.3 is 0 Å². The molecular formula is C22H26Cl4N4. The van der Waals surface area contributed by atoms with Crippen molar-refractivity contribution in [2.24, 2.45) is 5.73 Å². The Kier molecular flexibility index (Phi) is 12.1. The molecule has 1 aromatic heterocycles. The number of nitrogens with two attached hydrogens (primary N) is 1. The zero-order valence-electron chi connectivity index (χ0n) is 16.5. The third-order valence-corrected chi connectivity index (χ3v) is 4.88. The second-order valence-corrected chi connectivity index (χ2v) is 7.48. The summed E-state index contributed by atoms with van der Waals surface area (Å²) in [5.41, 5.74) is 7.45. The van der Waals surface area contributed by atoms with Crippen LogP contribution in [0.3, 0.4) is 0 Å². The SMILES string of the molecule is Cl.Cl.NCCCCCCNc1nc(/C=C/c2ccc(Cl)cc2)nc2ccc(Cl)cc12. The van der Waals surface area contributed by atoms with Gasteiger partial charge in [-0.25, -0.2) is 9.97 Å². The van der Waals surface area contributed by atoms with E-state index in [9.17, 15) is 0 Å². The van der Waals surface area contributed by atoms with Crippen LogP contribution in [0.2, 0.25) is 10.0 Å². The van der Waals surface area contributed by atoms with Crippen LogP contribution in [0.4, 0.5) is 5.82 Å². The maximum atomic E-state index is 6.18. The molecule has 0 aliphatic carbocycles. The van der Waals surface area contributed by atoms with Gasteiger partial charge in [-0.3, -0.25) is 0 Å². The molecule has 0 unspecified atom stereocenters. The second kappa shape index (κ2) is 13.7. The van der Waals surface area contributed by atoms with Gasteiger partial charge in [0.25, 0.3) is 0 Å². The maximum absolute atomic E-state index is 6.18. The Morgan fingerprint density at radius 3 is 2.27 bits per heavy atom. The topological polar surface area (TPSA) is 63.8 Å². The zero-order valence-corrected chi connectivity index (χ0v) is 19.6. The highest BCUT2D eigenvalue weighted by Gasteiger charge is 2.07. The molecule has 30 heavy (non-hydrogen) atoms. The average Bonchev–Trinajstić information content (AvgIpc) is 2.70. The summed E-state index contributed by atoms with van der Waals surface area (Å²) in [6, 6.07) is 13.3. The lowest BCUT2D eigenvalue weighted by atomic mass is 10.2. The van der Waals surface area contributed by atoms with E-state index in [1.807, 2.05) is 54.6 Å². The van der Waals surface area contributed by atoms with Gasteiger partial charge in [-0.15, -0.1) is 24.8 Å². The van der Waals surface area contributed by atoms with Crippen molar-refractivity contribution in [1.82, 2.24) is 9.97 Å². The summed E-state index contributed by atoms with van der Waals surface area (Å²) >= 11 is 12.1. The Morgan fingerprint density at radius 1 is 0.833 bits per heavy atom. The van der Waals surface area contributed by atoms with E-state index in [0.717, 1.165) is 61.1 Å². The molecule has 0 amide bonds. The number of hydrogen-bond acceptors (Lipinski definition) is 4. The Morgan fingerprint density at radius 2 is 1.53 bits per heavy atom. The molecule has 0 aliphatic heterocycles. The molecule has 0 aliphatic rings. The Bertz CT molecular complexity index is 946. The lowest BCUT2D eigenvalue weighted by Crippen LogP contribution is -2.06. The number of aromatic nitrogens is 2. The van der Waals surface area contributed by atoms with Gasteiger partial charge in [-0.05, 0) is 61.4 Å². The molecule has 0 fully saturated rings. The molecule has 3 N–H and O–H groups in total. The number of fused-ring (bicyclic) bond motifs is 1. The molecule has 2 aromatic carbocycles. The molecular weight excluding hydrogens is 462 g/mol. The summed E-state index contributed by atoms with van der Waals surface area (Å²) < 4.78 is 0. The Hall–Kier alpha value is -1.56. The van der Waals surface area contributed by atoms with E-state index in [1.165, 1.54) is 0 Å². The molecule has 4 nitrogen and oxygen atoms in total. The number of halogens is 4. The van der Waals surface area contributed by atoms with E-state index in [-0.39, 0.29) is 24.8 Å². The van der Waals surface area contributed by atoms with Crippen molar-refractivity contribution in [3.05, 3.63) is 63.9 Å². The third kappa shape index (κ3) is 7.93. The number of nitrogens with zero attached hydrogens (tertiary/aromatic N) is 2. The van der Waals surface area contributed by atoms with Crippen molar-refractivity contribution < 1.29 is 0 Å². The van der Waals surface area contributed by atoms with E-state index in [2.05, 4.69) is 10.3 Å². The first-order valence-corrected chi connectivity index (χ1v) is 10.3. The van der Waals surface area contributed by atoms with Gasteiger partial charge in [-0.2, -0.15) is 0 Å². The fourth-order valence-corrected chi connectivity index (χ4v) is 3.20. The predicted molar refractivity (Wildman–Crippen MR) is 135 cm³/mol. The van der Waals surface area contributed by atoms with Crippen LogP contribution in [0.15, 0.2) is 42.5 Å². The minimum Gasteiger partial charge on any atom is -0.369 e. The molecule has 8 heteroatoms. The molecule has 3 rings (SSSR count). The molecule has 0 saturated heterocycles. The summed E-state index contributed by atoms with van der Waals surface area (Å²) in [5, 5.41) is 5.76. The second-order valence-electron chi connectivity index (χ2n) is 6.61. The molecule has 0 saturated carbocycles. The highest BCUT2D eigenvalue weighted by atomic mass is 35.5. The van der Waals surface area contributed by atoms with E-state index in [4.69, 9.17) is 33.9 Å². The summed E-state index contributed by atoms with van der Waals surface area (Å²) in [6.07, 6.45) is 8.34. The van der Waals surface area contributed by atoms with Crippen LogP contribution in [-0.4, -0.2) is 23.1 Å². The molecule has 162 valence electrons. The highest BCUT2D eigenvalue weighted by Crippen LogP contribution is 2.25. The number of rotatable bonds is 9. The Balaban J connectivity index is 0.00000225. The van der Waals surface area contributed by atoms with E-state index in [1.54, 1.807) is 0 Å². The van der Waals surface area contributed by atoms with Gasteiger partial charge in [0.2, 0.25) is 0 Å². The lowest BCUT2D eigenvalue weighted by molar-refractivity contribution is 0.661. The number of benzene rings is 2. The largest absolute Gasteiger partial charge is 0.369 e. The van der Waals surface area contributed by atoms with Crippen molar-refractivity contribution in [3.8, 4) is 0 Å². The highest BCUT2D eigenvalue weighted by molar-refractivity contribution is 6.31. The minimum absolute atomic E-state index is 0. The van der Waals surface area contributed by atoms with Crippen LogP contribution in [-0.2, 0) is 0 Å². The maximum Gasteiger partial charge on any atom is 0.154 e. The predicted octanol–water partition coefficient (Wildman–Crippen LogP) is 6.88. The van der Waals surface area contributed by atoms with Gasteiger partial charge < -0.3 is 11.1 Å². The normalized spacial score (nSPS) is 10.6. The Labute approximate surface area is 200 Å². The van der Waals surface area contributed by atoms with Crippen molar-refractivity contribution >= 4 is 76.9 Å². The minimum atomic E-state index is 0. The van der Waals surface area contributed by atoms with Gasteiger partial charge in [0, 0.05) is 22.0 Å². The van der Waals surface area contributed by atoms with Crippen LogP contribution in [0.25, 0.3) is 23.1 Å². The fraction of sp³-hybridized carbons (Fsp3) is 0.273. The molecule has 1 heterocycles. The lowest BCUT2D eigenvalue weighted by Gasteiger charge is -2.10. The van der Waals surface area contributed by atoms with Crippen molar-refractivity contribution in [3.63, 3.8) is 0 Å². The molecule has 0 radical (unpaired) electrons. The first-order chi connectivity index (χ1) is 13.7. The van der Waals surface area contributed by atoms with E-state index < -0.39 is 0 Å². The number of anilines is 1. The van der Waals surface area contributed by atoms with Crippen LogP contribution in [0.5, 0.6) is 0 Å². The fourth-order valence-electron chi connectivity index (χ4n) is 2.90. The summed E-state index contributed by atoms with van der Waals surface area (Å²) in [5.74, 6) is 1.46. The zero-order chi connectivity index (χ0) is 19.8. The number of unbranched alkanes of at least 4 members (excludes halogenated alkanes) is 3. The van der Waals surface area contributed by atoms with Gasteiger partial charge in [0.1, 0.15) is 5.82 Å². The van der Waals surface area contributed by atoms with E-state index >= 15 is 0 Å². The van der Waals surface area contributed by atoms with E-state index in [0.29, 0.717) is 15.9 Å². The standard InChI is InChI=1S/C22H24Cl2N4.2ClH/c23-17-8-5-16(6-9-17)7-12-21-27-20-11-10-18(24)15-19(20)22(28-21)26-14-4-2-1-3-13-25;;/h5-12,15H,1-4,13-14,25H2,(H,26,27,28);2*1H/b12-7+;;. The van der Waals surface area contributed by atoms with Crippen LogP contribution >= 0.6 is 48.0 Å². The average molecular weight is 488 g/mol. The van der Waals surface area contributed by atoms with Crippen molar-refractivity contribution in [2.45, 2.75) is 25.7 Å². The van der Waals surface area contributed by atoms with Gasteiger partial charge in [0.05, 0.1) is 5.52 Å². The monoisotopic (exact) mass is 486 g/mol. The summed E-state index contributed by atoms with van der Waals surface area (Å²) in [4.78, 5) is 9.34. The van der Waals surface area contributed by atoms with Gasteiger partial charge in [0.15, 0.2) is 5.82 Å². The molecule has 0 atom stereocenters.